The summed E-state index contributed by atoms with van der Waals surface area (Å²) in [5.41, 5.74) is 8.53. The fraction of sp³-hybridized carbons (Fsp3) is 0.182. The molecule has 0 atom stereocenters. The van der Waals surface area contributed by atoms with Gasteiger partial charge in [-0.2, -0.15) is 5.26 Å². The topological polar surface area (TPSA) is 56.9 Å². The quantitative estimate of drug-likeness (QED) is 0.779. The maximum Gasteiger partial charge on any atom is 0.0994 e. The van der Waals surface area contributed by atoms with Crippen molar-refractivity contribution >= 4 is 0 Å². The minimum atomic E-state index is 0.0382. The molecule has 1 aliphatic rings. The first kappa shape index (κ1) is 15.6. The van der Waals surface area contributed by atoms with Crippen LogP contribution in [0.4, 0.5) is 0 Å². The van der Waals surface area contributed by atoms with E-state index in [0.29, 0.717) is 0 Å². The van der Waals surface area contributed by atoms with Gasteiger partial charge in [0.2, 0.25) is 0 Å². The summed E-state index contributed by atoms with van der Waals surface area (Å²) in [5, 5.41) is 18.7. The van der Waals surface area contributed by atoms with Crippen molar-refractivity contribution in [2.45, 2.75) is 25.9 Å². The van der Waals surface area contributed by atoms with Gasteiger partial charge in [-0.1, -0.05) is 30.3 Å². The molecule has 1 aliphatic carbocycles. The van der Waals surface area contributed by atoms with Crippen LogP contribution in [-0.4, -0.2) is 10.1 Å². The van der Waals surface area contributed by atoms with Crippen LogP contribution in [-0.2, 0) is 25.9 Å². The van der Waals surface area contributed by atoms with Crippen molar-refractivity contribution in [1.29, 1.82) is 5.26 Å². The van der Waals surface area contributed by atoms with Gasteiger partial charge in [-0.05, 0) is 65.3 Å². The van der Waals surface area contributed by atoms with Crippen molar-refractivity contribution in [2.75, 3.05) is 0 Å². The second-order valence-corrected chi connectivity index (χ2v) is 6.42. The van der Waals surface area contributed by atoms with Crippen LogP contribution in [0.2, 0.25) is 0 Å². The van der Waals surface area contributed by atoms with Crippen LogP contribution in [0.25, 0.3) is 11.1 Å². The van der Waals surface area contributed by atoms with Gasteiger partial charge in [0.1, 0.15) is 0 Å². The van der Waals surface area contributed by atoms with E-state index in [-0.39, 0.29) is 6.61 Å². The van der Waals surface area contributed by atoms with Crippen molar-refractivity contribution in [3.05, 3.63) is 88.2 Å². The Hall–Kier alpha value is -2.96. The number of hydrogen-bond donors (Lipinski definition) is 1. The number of aromatic nitrogens is 1. The van der Waals surface area contributed by atoms with Crippen molar-refractivity contribution in [3.63, 3.8) is 0 Å². The zero-order valence-electron chi connectivity index (χ0n) is 13.9. The second-order valence-electron chi connectivity index (χ2n) is 6.42. The zero-order valence-corrected chi connectivity index (χ0v) is 13.9. The highest BCUT2D eigenvalue weighted by Crippen LogP contribution is 2.29. The lowest BCUT2D eigenvalue weighted by molar-refractivity contribution is 0.282. The molecule has 1 heterocycles. The number of nitrogens with zero attached hydrogens (tertiary/aromatic N) is 2. The van der Waals surface area contributed by atoms with Crippen molar-refractivity contribution < 1.29 is 5.11 Å². The molecular formula is C22H18N2O. The Morgan fingerprint density at radius 1 is 1.00 bits per heavy atom. The number of hydrogen-bond acceptors (Lipinski definition) is 3. The van der Waals surface area contributed by atoms with Gasteiger partial charge in [0.05, 0.1) is 18.2 Å². The molecule has 1 N–H and O–H groups in total. The molecule has 4 rings (SSSR count). The molecule has 0 aliphatic heterocycles. The minimum Gasteiger partial charge on any atom is -0.392 e. The molecule has 2 aromatic carbocycles. The van der Waals surface area contributed by atoms with Gasteiger partial charge in [0.25, 0.3) is 0 Å². The summed E-state index contributed by atoms with van der Waals surface area (Å²) in [6, 6.07) is 18.4. The molecule has 3 heteroatoms. The molecule has 122 valence electrons. The summed E-state index contributed by atoms with van der Waals surface area (Å²) in [4.78, 5) is 4.70. The lowest BCUT2D eigenvalue weighted by Crippen LogP contribution is -1.97. The number of rotatable bonds is 2. The van der Waals surface area contributed by atoms with Crippen LogP contribution in [0.5, 0.6) is 0 Å². The summed E-state index contributed by atoms with van der Waals surface area (Å²) in [7, 11) is 0. The van der Waals surface area contributed by atoms with Gasteiger partial charge < -0.3 is 5.11 Å². The summed E-state index contributed by atoms with van der Waals surface area (Å²) < 4.78 is 0. The monoisotopic (exact) mass is 326 g/mol. The van der Waals surface area contributed by atoms with Crippen LogP contribution in [0.15, 0.2) is 54.7 Å². The number of aliphatic hydroxyl groups is 1. The Bertz CT molecular complexity index is 986. The zero-order chi connectivity index (χ0) is 17.2. The number of benzene rings is 2. The van der Waals surface area contributed by atoms with E-state index < -0.39 is 0 Å². The summed E-state index contributed by atoms with van der Waals surface area (Å²) in [5.74, 6) is 0. The van der Waals surface area contributed by atoms with E-state index in [4.69, 9.17) is 4.98 Å². The Labute approximate surface area is 147 Å². The third-order valence-corrected chi connectivity index (χ3v) is 4.89. The van der Waals surface area contributed by atoms with E-state index in [1.165, 1.54) is 11.1 Å². The highest BCUT2D eigenvalue weighted by molar-refractivity contribution is 5.65. The predicted molar refractivity (Wildman–Crippen MR) is 97.0 cm³/mol. The summed E-state index contributed by atoms with van der Waals surface area (Å²) in [6.07, 6.45) is 4.44. The normalized spacial score (nSPS) is 12.6. The van der Waals surface area contributed by atoms with Gasteiger partial charge in [-0.25, -0.2) is 0 Å². The minimum absolute atomic E-state index is 0.0382. The fourth-order valence-corrected chi connectivity index (χ4v) is 3.57. The largest absolute Gasteiger partial charge is 0.392 e. The Balaban J connectivity index is 1.76. The van der Waals surface area contributed by atoms with Crippen LogP contribution in [0, 0.1) is 11.3 Å². The lowest BCUT2D eigenvalue weighted by atomic mass is 9.96. The molecule has 0 radical (unpaired) electrons. The van der Waals surface area contributed by atoms with Gasteiger partial charge in [-0.15, -0.1) is 0 Å². The molecule has 0 fully saturated rings. The second kappa shape index (κ2) is 6.51. The van der Waals surface area contributed by atoms with E-state index in [1.807, 2.05) is 42.6 Å². The molecule has 0 spiro atoms. The number of aliphatic hydroxyl groups excluding tert-OH is 1. The average Bonchev–Trinajstić information content (AvgIpc) is 2.86. The highest BCUT2D eigenvalue weighted by Gasteiger charge is 2.17. The molecule has 0 amide bonds. The van der Waals surface area contributed by atoms with Gasteiger partial charge in [0, 0.05) is 17.5 Å². The third kappa shape index (κ3) is 2.93. The third-order valence-electron chi connectivity index (χ3n) is 4.89. The van der Waals surface area contributed by atoms with E-state index >= 15 is 0 Å². The molecule has 0 unspecified atom stereocenters. The lowest BCUT2D eigenvalue weighted by Gasteiger charge is -2.10. The molecule has 25 heavy (non-hydrogen) atoms. The van der Waals surface area contributed by atoms with Gasteiger partial charge in [-0.3, -0.25) is 4.98 Å². The van der Waals surface area contributed by atoms with Gasteiger partial charge >= 0.3 is 0 Å². The number of aryl methyl sites for hydroxylation is 1. The maximum atomic E-state index is 9.36. The van der Waals surface area contributed by atoms with E-state index in [9.17, 15) is 10.4 Å². The van der Waals surface area contributed by atoms with E-state index in [0.717, 1.165) is 52.8 Å². The SMILES string of the molecule is N#Cc1cccc2c1CCc1ncc(-c3cccc(CO)c3)cc1C2. The molecule has 3 aromatic rings. The Morgan fingerprint density at radius 2 is 1.88 bits per heavy atom. The standard InChI is InChI=1S/C22H18N2O/c23-12-18-6-2-5-17-10-19-11-20(13-24-22(19)8-7-21(17)18)16-4-1-3-15(9-16)14-25/h1-6,9,11,13,25H,7-8,10,14H2. The predicted octanol–water partition coefficient (Wildman–Crippen LogP) is 3.80. The van der Waals surface area contributed by atoms with Crippen molar-refractivity contribution in [3.8, 4) is 17.2 Å². The number of nitriles is 1. The van der Waals surface area contributed by atoms with Crippen LogP contribution in [0.1, 0.15) is 33.5 Å². The molecule has 0 saturated carbocycles. The number of pyridine rings is 1. The number of fused-ring (bicyclic) bond motifs is 2. The summed E-state index contributed by atoms with van der Waals surface area (Å²) >= 11 is 0. The van der Waals surface area contributed by atoms with Crippen molar-refractivity contribution in [2.24, 2.45) is 0 Å². The smallest absolute Gasteiger partial charge is 0.0994 e. The van der Waals surface area contributed by atoms with E-state index in [1.54, 1.807) is 0 Å². The first-order valence-corrected chi connectivity index (χ1v) is 8.47. The molecule has 1 aromatic heterocycles. The molecule has 0 bridgehead atoms. The highest BCUT2D eigenvalue weighted by atomic mass is 16.3. The Kier molecular flexibility index (Phi) is 4.05. The van der Waals surface area contributed by atoms with E-state index in [2.05, 4.69) is 18.2 Å². The molecule has 0 saturated heterocycles. The Morgan fingerprint density at radius 3 is 2.72 bits per heavy atom. The summed E-state index contributed by atoms with van der Waals surface area (Å²) in [6.45, 7) is 0.0382. The van der Waals surface area contributed by atoms with Crippen LogP contribution < -0.4 is 0 Å². The fourth-order valence-electron chi connectivity index (χ4n) is 3.57. The maximum absolute atomic E-state index is 9.36. The average molecular weight is 326 g/mol. The van der Waals surface area contributed by atoms with Crippen LogP contribution >= 0.6 is 0 Å². The molecule has 3 nitrogen and oxygen atoms in total. The molecular weight excluding hydrogens is 308 g/mol. The first-order chi connectivity index (χ1) is 12.3. The first-order valence-electron chi connectivity index (χ1n) is 8.47. The van der Waals surface area contributed by atoms with Crippen molar-refractivity contribution in [1.82, 2.24) is 4.98 Å². The van der Waals surface area contributed by atoms with Gasteiger partial charge in [0.15, 0.2) is 0 Å². The van der Waals surface area contributed by atoms with Crippen LogP contribution in [0.3, 0.4) is 0 Å².